The van der Waals surface area contributed by atoms with Crippen molar-refractivity contribution >= 4 is 8.80 Å². The highest BCUT2D eigenvalue weighted by Crippen LogP contribution is 1.98. The summed E-state index contributed by atoms with van der Waals surface area (Å²) in [5.41, 5.74) is 0. The third kappa shape index (κ3) is 1140. The van der Waals surface area contributed by atoms with Crippen LogP contribution in [0.5, 0.6) is 0 Å². The summed E-state index contributed by atoms with van der Waals surface area (Å²) in [5, 5.41) is 46.9. The average Bonchev–Trinajstić information content (AvgIpc) is 2.56. The zero-order chi connectivity index (χ0) is 18.6. The highest BCUT2D eigenvalue weighted by Gasteiger charge is 2.25. The molecule has 0 radical (unpaired) electrons. The van der Waals surface area contributed by atoms with E-state index in [-0.39, 0.29) is 12.5 Å². The fourth-order valence-electron chi connectivity index (χ4n) is 0.224. The molecule has 10 nitrogen and oxygen atoms in total. The van der Waals surface area contributed by atoms with Crippen LogP contribution in [0.15, 0.2) is 0 Å². The van der Waals surface area contributed by atoms with Crippen LogP contribution in [0.25, 0.3) is 0 Å². The van der Waals surface area contributed by atoms with Crippen molar-refractivity contribution in [1.82, 2.24) is 0 Å². The molecule has 11 heteroatoms. The van der Waals surface area contributed by atoms with E-state index < -0.39 is 8.80 Å². The number of nitrogens with zero attached hydrogens (tertiary/aromatic N) is 7. The van der Waals surface area contributed by atoms with Gasteiger partial charge in [-0.1, -0.05) is 0 Å². The number of rotatable bonds is 2. The third-order valence-electron chi connectivity index (χ3n) is 0.572. The molecule has 0 unspecified atom stereocenters. The van der Waals surface area contributed by atoms with E-state index in [0.29, 0.717) is 0 Å². The van der Waals surface area contributed by atoms with E-state index in [0.717, 1.165) is 0 Å². The van der Waals surface area contributed by atoms with Crippen molar-refractivity contribution < 1.29 is 14.4 Å². The van der Waals surface area contributed by atoms with Crippen molar-refractivity contribution in [2.45, 2.75) is 12.5 Å². The Morgan fingerprint density at radius 1 is 0.650 bits per heavy atom. The maximum Gasteiger partial charge on any atom is 0.493 e. The third-order valence-corrected chi connectivity index (χ3v) is 1.49. The topological polar surface area (TPSA) is 227 Å². The summed E-state index contributed by atoms with van der Waals surface area (Å²) >= 11 is 0. The van der Waals surface area contributed by atoms with Crippen LogP contribution in [0, 0.1) is 82.3 Å². The van der Waals surface area contributed by atoms with Crippen molar-refractivity contribution in [1.29, 1.82) is 36.8 Å². The smallest absolute Gasteiger partial charge is 0.390 e. The van der Waals surface area contributed by atoms with E-state index >= 15 is 0 Å². The zero-order valence-electron chi connectivity index (χ0n) is 10.4. The fourth-order valence-corrected chi connectivity index (χ4v) is 0.671. The lowest BCUT2D eigenvalue weighted by molar-refractivity contribution is 0.228. The van der Waals surface area contributed by atoms with Crippen LogP contribution in [0.2, 0.25) is 6.04 Å². The Kier molecular flexibility index (Phi) is 235. The van der Waals surface area contributed by atoms with Crippen molar-refractivity contribution in [2.75, 3.05) is 0 Å². The van der Waals surface area contributed by atoms with Crippen molar-refractivity contribution in [3.8, 4) is 45.5 Å². The van der Waals surface area contributed by atoms with E-state index in [9.17, 15) is 0 Å². The molecule has 0 aliphatic heterocycles. The van der Waals surface area contributed by atoms with Gasteiger partial charge in [0, 0.05) is 51.9 Å². The average molecular weight is 295 g/mol. The lowest BCUT2D eigenvalue weighted by Gasteiger charge is -2.03. The van der Waals surface area contributed by atoms with Gasteiger partial charge in [-0.05, 0) is 0 Å². The lowest BCUT2D eigenvalue weighted by Crippen LogP contribution is -2.33. The number of hydrogen-bond acceptors (Lipinski definition) is 10. The summed E-state index contributed by atoms with van der Waals surface area (Å²) in [6, 6.07) is 1.49. The first-order chi connectivity index (χ1) is 9.56. The minimum atomic E-state index is -3.90. The summed E-state index contributed by atoms with van der Waals surface area (Å²) in [5.74, 6) is 0. The molecule has 3 N–H and O–H groups in total. The molecule has 0 fully saturated rings. The molecule has 0 atom stereocenters. The van der Waals surface area contributed by atoms with Gasteiger partial charge in [-0.3, -0.25) is 0 Å². The molecule has 0 spiro atoms. The van der Waals surface area contributed by atoms with Gasteiger partial charge < -0.3 is 14.4 Å². The fraction of sp³-hybridized carbons (Fsp3) is 0.222. The van der Waals surface area contributed by atoms with Crippen LogP contribution < -0.4 is 0 Å². The Hall–Kier alpha value is -3.47. The molecule has 0 bridgehead atoms. The van der Waals surface area contributed by atoms with Crippen LogP contribution >= 0.6 is 0 Å². The molecule has 0 saturated carbocycles. The molecule has 0 aromatic rings. The second-order valence-corrected chi connectivity index (χ2v) is 3.48. The Labute approximate surface area is 119 Å². The molecule has 0 heterocycles. The van der Waals surface area contributed by atoms with Gasteiger partial charge in [0.05, 0.1) is 6.07 Å². The van der Waals surface area contributed by atoms with Gasteiger partial charge in [0.1, 0.15) is 0 Å². The minimum absolute atomic E-state index is 0.00424. The molecule has 20 heavy (non-hydrogen) atoms. The standard InChI is InChI=1S/C3H7NO3Si.6CHN/c4-2-1-3-8(5,6)7;6*1-2/h5-7H,1,3H2;6*1H. The predicted molar refractivity (Wildman–Crippen MR) is 67.5 cm³/mol. The minimum Gasteiger partial charge on any atom is -0.390 e. The molecule has 0 aromatic carbocycles. The molecular weight excluding hydrogens is 282 g/mol. The zero-order valence-corrected chi connectivity index (χ0v) is 11.4. The summed E-state index contributed by atoms with van der Waals surface area (Å²) in [6.45, 7) is 21.0. The first-order valence-electron chi connectivity index (χ1n) is 3.65. The normalized spacial score (nSPS) is 4.90. The quantitative estimate of drug-likeness (QED) is 0.560. The summed E-state index contributed by atoms with van der Waals surface area (Å²) in [4.78, 5) is 24.7. The molecule has 0 rings (SSSR count). The van der Waals surface area contributed by atoms with Gasteiger partial charge >= 0.3 is 8.80 Å². The van der Waals surface area contributed by atoms with Crippen LogP contribution in [-0.4, -0.2) is 23.2 Å². The summed E-state index contributed by atoms with van der Waals surface area (Å²) in [6.07, 6.45) is -0.00424. The van der Waals surface area contributed by atoms with Crippen LogP contribution in [0.3, 0.4) is 0 Å². The predicted octanol–water partition coefficient (Wildman–Crippen LogP) is -0.345. The SMILES string of the molecule is C#N.C#N.C#N.C#N.C#N.C#N.N#CCC[Si](O)(O)O. The highest BCUT2D eigenvalue weighted by atomic mass is 28.4. The van der Waals surface area contributed by atoms with Gasteiger partial charge in [0.2, 0.25) is 0 Å². The number of hydrogen-bond donors (Lipinski definition) is 3. The van der Waals surface area contributed by atoms with E-state index in [1.807, 2.05) is 0 Å². The van der Waals surface area contributed by atoms with E-state index in [1.165, 1.54) is 0 Å². The lowest BCUT2D eigenvalue weighted by atomic mass is 10.6. The van der Waals surface area contributed by atoms with Gasteiger partial charge in [-0.25, -0.2) is 31.6 Å². The Balaban J connectivity index is -0.0000000238. The van der Waals surface area contributed by atoms with Crippen LogP contribution in [0.1, 0.15) is 6.42 Å². The molecule has 0 aromatic heterocycles. The molecular formula is C9H13N7O3Si. The molecule has 0 aliphatic rings. The first-order valence-corrected chi connectivity index (χ1v) is 5.70. The van der Waals surface area contributed by atoms with E-state index in [2.05, 4.69) is 39.4 Å². The van der Waals surface area contributed by atoms with Crippen LogP contribution in [-0.2, 0) is 0 Å². The molecule has 106 valence electrons. The van der Waals surface area contributed by atoms with E-state index in [4.69, 9.17) is 51.2 Å². The summed E-state index contributed by atoms with van der Waals surface area (Å²) < 4.78 is 0. The molecule has 0 amide bonds. The highest BCUT2D eigenvalue weighted by molar-refractivity contribution is 6.56. The Morgan fingerprint density at radius 3 is 0.900 bits per heavy atom. The maximum absolute atomic E-state index is 8.25. The maximum atomic E-state index is 8.25. The second kappa shape index (κ2) is 107. The van der Waals surface area contributed by atoms with Gasteiger partial charge in [-0.2, -0.15) is 5.26 Å². The first kappa shape index (κ1) is 43.9. The van der Waals surface area contributed by atoms with E-state index in [1.54, 1.807) is 6.07 Å². The van der Waals surface area contributed by atoms with Crippen LogP contribution in [0.4, 0.5) is 0 Å². The van der Waals surface area contributed by atoms with Crippen molar-refractivity contribution in [2.24, 2.45) is 0 Å². The Morgan fingerprint density at radius 2 is 0.850 bits per heavy atom. The second-order valence-electron chi connectivity index (χ2n) is 1.43. The van der Waals surface area contributed by atoms with Crippen molar-refractivity contribution in [3.63, 3.8) is 0 Å². The number of nitriles is 7. The molecule has 0 aliphatic carbocycles. The summed E-state index contributed by atoms with van der Waals surface area (Å²) in [7, 11) is -3.90. The van der Waals surface area contributed by atoms with Crippen molar-refractivity contribution in [3.05, 3.63) is 0 Å². The Bertz CT molecular complexity index is 259. The molecule has 0 saturated heterocycles. The largest absolute Gasteiger partial charge is 0.493 e. The monoisotopic (exact) mass is 295 g/mol. The van der Waals surface area contributed by atoms with Gasteiger partial charge in [0.25, 0.3) is 0 Å². The van der Waals surface area contributed by atoms with Gasteiger partial charge in [-0.15, -0.1) is 0 Å². The van der Waals surface area contributed by atoms with Gasteiger partial charge in [0.15, 0.2) is 0 Å².